The van der Waals surface area contributed by atoms with E-state index >= 15 is 0 Å². The summed E-state index contributed by atoms with van der Waals surface area (Å²) in [5.41, 5.74) is 0.399. The average molecular weight is 254 g/mol. The van der Waals surface area contributed by atoms with Crippen LogP contribution in [0.3, 0.4) is 0 Å². The maximum Gasteiger partial charge on any atom is 0.241 e. The second-order valence-electron chi connectivity index (χ2n) is 4.86. The van der Waals surface area contributed by atoms with Crippen LogP contribution in [0.2, 0.25) is 0 Å². The molecule has 1 aliphatic heterocycles. The quantitative estimate of drug-likeness (QED) is 0.847. The number of hydrogen-bond acceptors (Lipinski definition) is 3. The highest BCUT2D eigenvalue weighted by atomic mass is 32.2. The molecule has 0 aromatic heterocycles. The summed E-state index contributed by atoms with van der Waals surface area (Å²) in [5.74, 6) is 0. The van der Waals surface area contributed by atoms with Gasteiger partial charge in [0.25, 0.3) is 0 Å². The van der Waals surface area contributed by atoms with Gasteiger partial charge in [0.15, 0.2) is 0 Å². The van der Waals surface area contributed by atoms with Crippen LogP contribution in [0.5, 0.6) is 0 Å². The molecule has 2 rings (SSSR count). The summed E-state index contributed by atoms with van der Waals surface area (Å²) in [6, 6.07) is 7.04. The summed E-state index contributed by atoms with van der Waals surface area (Å²) in [4.78, 5) is 0.369. The van der Waals surface area contributed by atoms with Gasteiger partial charge in [-0.15, -0.1) is 0 Å². The Morgan fingerprint density at radius 2 is 2.06 bits per heavy atom. The average Bonchev–Trinajstić information content (AvgIpc) is 2.64. The summed E-state index contributed by atoms with van der Waals surface area (Å²) < 4.78 is 27.3. The summed E-state index contributed by atoms with van der Waals surface area (Å²) in [5, 5.41) is 3.17. The first-order valence-corrected chi connectivity index (χ1v) is 7.22. The lowest BCUT2D eigenvalue weighted by atomic mass is 10.0. The van der Waals surface area contributed by atoms with Gasteiger partial charge in [-0.1, -0.05) is 18.2 Å². The number of benzene rings is 1. The van der Waals surface area contributed by atoms with E-state index < -0.39 is 10.0 Å². The molecule has 94 valence electrons. The van der Waals surface area contributed by atoms with Crippen LogP contribution in [0.1, 0.15) is 18.9 Å². The Morgan fingerprint density at radius 3 is 2.65 bits per heavy atom. The molecule has 1 atom stereocenters. The van der Waals surface area contributed by atoms with Gasteiger partial charge < -0.3 is 5.32 Å². The molecule has 5 heteroatoms. The molecular formula is C12H18N2O2S. The minimum atomic E-state index is -3.42. The Hall–Kier alpha value is -0.910. The zero-order valence-electron chi connectivity index (χ0n) is 10.2. The predicted molar refractivity (Wildman–Crippen MR) is 67.4 cm³/mol. The smallest absolute Gasteiger partial charge is 0.241 e. The molecular weight excluding hydrogens is 236 g/mol. The van der Waals surface area contributed by atoms with Crippen molar-refractivity contribution in [3.63, 3.8) is 0 Å². The molecule has 0 bridgehead atoms. The highest BCUT2D eigenvalue weighted by molar-refractivity contribution is 7.89. The SMILES string of the molecule is Cc1ccccc1S(=O)(=O)NC1(C)CCNC1. The minimum absolute atomic E-state index is 0.369. The van der Waals surface area contributed by atoms with E-state index in [9.17, 15) is 8.42 Å². The molecule has 2 N–H and O–H groups in total. The van der Waals surface area contributed by atoms with Gasteiger partial charge in [0, 0.05) is 12.1 Å². The molecule has 1 fully saturated rings. The molecule has 1 unspecified atom stereocenters. The molecule has 0 amide bonds. The number of nitrogens with one attached hydrogen (secondary N) is 2. The third-order valence-electron chi connectivity index (χ3n) is 3.13. The second-order valence-corrected chi connectivity index (χ2v) is 6.51. The van der Waals surface area contributed by atoms with E-state index in [1.165, 1.54) is 0 Å². The van der Waals surface area contributed by atoms with Crippen LogP contribution in [0, 0.1) is 6.92 Å². The zero-order valence-corrected chi connectivity index (χ0v) is 11.0. The van der Waals surface area contributed by atoms with Crippen LogP contribution in [0.15, 0.2) is 29.2 Å². The van der Waals surface area contributed by atoms with Gasteiger partial charge in [-0.05, 0) is 38.4 Å². The van der Waals surface area contributed by atoms with E-state index in [0.29, 0.717) is 11.4 Å². The molecule has 0 saturated carbocycles. The fourth-order valence-corrected chi connectivity index (χ4v) is 3.82. The highest BCUT2D eigenvalue weighted by Crippen LogP contribution is 2.20. The number of rotatable bonds is 3. The summed E-state index contributed by atoms with van der Waals surface area (Å²) in [6.07, 6.45) is 0.818. The van der Waals surface area contributed by atoms with Crippen LogP contribution < -0.4 is 10.0 Å². The van der Waals surface area contributed by atoms with Gasteiger partial charge in [-0.3, -0.25) is 0 Å². The van der Waals surface area contributed by atoms with Crippen LogP contribution in [0.4, 0.5) is 0 Å². The van der Waals surface area contributed by atoms with Crippen LogP contribution >= 0.6 is 0 Å². The predicted octanol–water partition coefficient (Wildman–Crippen LogP) is 1.03. The third kappa shape index (κ3) is 2.68. The van der Waals surface area contributed by atoms with Crippen LogP contribution in [-0.2, 0) is 10.0 Å². The van der Waals surface area contributed by atoms with Crippen molar-refractivity contribution < 1.29 is 8.42 Å². The lowest BCUT2D eigenvalue weighted by Gasteiger charge is -2.24. The summed E-state index contributed by atoms with van der Waals surface area (Å²) >= 11 is 0. The van der Waals surface area contributed by atoms with Crippen LogP contribution in [-0.4, -0.2) is 27.0 Å². The molecule has 0 aliphatic carbocycles. The Bertz CT molecular complexity index is 505. The first kappa shape index (κ1) is 12.5. The number of aryl methyl sites for hydroxylation is 1. The molecule has 4 nitrogen and oxygen atoms in total. The standard InChI is InChI=1S/C12H18N2O2S/c1-10-5-3-4-6-11(10)17(15,16)14-12(2)7-8-13-9-12/h3-6,13-14H,7-9H2,1-2H3. The first-order valence-electron chi connectivity index (χ1n) is 5.73. The van der Waals surface area contributed by atoms with Crippen molar-refractivity contribution in [2.45, 2.75) is 30.7 Å². The van der Waals surface area contributed by atoms with Crippen molar-refractivity contribution in [2.24, 2.45) is 0 Å². The van der Waals surface area contributed by atoms with Gasteiger partial charge in [0.2, 0.25) is 10.0 Å². The van der Waals surface area contributed by atoms with E-state index in [-0.39, 0.29) is 5.54 Å². The zero-order chi connectivity index (χ0) is 12.5. The minimum Gasteiger partial charge on any atom is -0.315 e. The molecule has 0 radical (unpaired) electrons. The van der Waals surface area contributed by atoms with Crippen molar-refractivity contribution in [3.8, 4) is 0 Å². The van der Waals surface area contributed by atoms with Gasteiger partial charge in [-0.25, -0.2) is 13.1 Å². The molecule has 1 aliphatic rings. The van der Waals surface area contributed by atoms with Gasteiger partial charge in [0.1, 0.15) is 0 Å². The Morgan fingerprint density at radius 1 is 1.35 bits per heavy atom. The lowest BCUT2D eigenvalue weighted by molar-refractivity contribution is 0.452. The topological polar surface area (TPSA) is 58.2 Å². The summed E-state index contributed by atoms with van der Waals surface area (Å²) in [7, 11) is -3.42. The molecule has 0 spiro atoms. The second kappa shape index (κ2) is 4.40. The molecule has 1 saturated heterocycles. The largest absolute Gasteiger partial charge is 0.315 e. The molecule has 1 heterocycles. The van der Waals surface area contributed by atoms with Crippen molar-refractivity contribution in [2.75, 3.05) is 13.1 Å². The van der Waals surface area contributed by atoms with E-state index in [2.05, 4.69) is 10.0 Å². The number of sulfonamides is 1. The molecule has 1 aromatic rings. The Labute approximate surface area is 102 Å². The Balaban J connectivity index is 2.28. The third-order valence-corrected chi connectivity index (χ3v) is 4.93. The van der Waals surface area contributed by atoms with Gasteiger partial charge in [-0.2, -0.15) is 0 Å². The fraction of sp³-hybridized carbons (Fsp3) is 0.500. The lowest BCUT2D eigenvalue weighted by Crippen LogP contribution is -2.47. The maximum atomic E-state index is 12.3. The normalized spacial score (nSPS) is 25.1. The molecule has 17 heavy (non-hydrogen) atoms. The highest BCUT2D eigenvalue weighted by Gasteiger charge is 2.33. The van der Waals surface area contributed by atoms with E-state index in [1.54, 1.807) is 12.1 Å². The maximum absolute atomic E-state index is 12.3. The van der Waals surface area contributed by atoms with E-state index in [1.807, 2.05) is 26.0 Å². The van der Waals surface area contributed by atoms with Crippen LogP contribution in [0.25, 0.3) is 0 Å². The fourth-order valence-electron chi connectivity index (χ4n) is 2.14. The number of hydrogen-bond donors (Lipinski definition) is 2. The van der Waals surface area contributed by atoms with E-state index in [0.717, 1.165) is 18.5 Å². The van der Waals surface area contributed by atoms with Gasteiger partial charge >= 0.3 is 0 Å². The van der Waals surface area contributed by atoms with Crippen molar-refractivity contribution >= 4 is 10.0 Å². The first-order chi connectivity index (χ1) is 7.93. The van der Waals surface area contributed by atoms with Crippen molar-refractivity contribution in [1.82, 2.24) is 10.0 Å². The molecule has 1 aromatic carbocycles. The van der Waals surface area contributed by atoms with Crippen molar-refractivity contribution in [1.29, 1.82) is 0 Å². The Kier molecular flexibility index (Phi) is 3.25. The van der Waals surface area contributed by atoms with Crippen molar-refractivity contribution in [3.05, 3.63) is 29.8 Å². The monoisotopic (exact) mass is 254 g/mol. The summed E-state index contributed by atoms with van der Waals surface area (Å²) in [6.45, 7) is 5.28. The van der Waals surface area contributed by atoms with Gasteiger partial charge in [0.05, 0.1) is 4.90 Å². The van der Waals surface area contributed by atoms with E-state index in [4.69, 9.17) is 0 Å².